The van der Waals surface area contributed by atoms with Crippen molar-refractivity contribution in [3.05, 3.63) is 28.6 Å². The van der Waals surface area contributed by atoms with Gasteiger partial charge in [0.2, 0.25) is 0 Å². The van der Waals surface area contributed by atoms with E-state index in [0.29, 0.717) is 22.9 Å². The van der Waals surface area contributed by atoms with E-state index in [-0.39, 0.29) is 11.1 Å². The highest BCUT2D eigenvalue weighted by Crippen LogP contribution is 2.27. The third kappa shape index (κ3) is 1.97. The SMILES string of the molecule is Cc1c(CBr)ncc(C=O)c1C(F)F. The molecule has 5 heteroatoms. The summed E-state index contributed by atoms with van der Waals surface area (Å²) in [5, 5.41) is 0.400. The quantitative estimate of drug-likeness (QED) is 0.620. The van der Waals surface area contributed by atoms with E-state index < -0.39 is 6.43 Å². The summed E-state index contributed by atoms with van der Waals surface area (Å²) in [7, 11) is 0. The van der Waals surface area contributed by atoms with Crippen LogP contribution in [0.5, 0.6) is 0 Å². The summed E-state index contributed by atoms with van der Waals surface area (Å²) in [6.45, 7) is 1.54. The maximum absolute atomic E-state index is 12.6. The first-order valence-electron chi connectivity index (χ1n) is 3.89. The summed E-state index contributed by atoms with van der Waals surface area (Å²) in [6.07, 6.45) is -1.06. The fraction of sp³-hybridized carbons (Fsp3) is 0.333. The van der Waals surface area contributed by atoms with Gasteiger partial charge < -0.3 is 0 Å². The van der Waals surface area contributed by atoms with Crippen LogP contribution in [-0.2, 0) is 5.33 Å². The summed E-state index contributed by atoms with van der Waals surface area (Å²) in [4.78, 5) is 14.4. The van der Waals surface area contributed by atoms with Crippen molar-refractivity contribution in [1.29, 1.82) is 0 Å². The van der Waals surface area contributed by atoms with E-state index in [0.717, 1.165) is 0 Å². The van der Waals surface area contributed by atoms with Gasteiger partial charge in [0.05, 0.1) is 5.69 Å². The monoisotopic (exact) mass is 263 g/mol. The van der Waals surface area contributed by atoms with Gasteiger partial charge in [-0.1, -0.05) is 15.9 Å². The van der Waals surface area contributed by atoms with E-state index >= 15 is 0 Å². The van der Waals surface area contributed by atoms with Gasteiger partial charge in [-0.25, -0.2) is 8.78 Å². The van der Waals surface area contributed by atoms with E-state index in [2.05, 4.69) is 20.9 Å². The summed E-state index contributed by atoms with van der Waals surface area (Å²) in [5.41, 5.74) is 0.652. The highest BCUT2D eigenvalue weighted by atomic mass is 79.9. The molecule has 1 heterocycles. The Kier molecular flexibility index (Phi) is 3.69. The first-order chi connectivity index (χ1) is 6.61. The molecule has 1 rings (SSSR count). The number of aromatic nitrogens is 1. The van der Waals surface area contributed by atoms with E-state index in [9.17, 15) is 13.6 Å². The van der Waals surface area contributed by atoms with Gasteiger partial charge in [0.1, 0.15) is 0 Å². The molecule has 0 radical (unpaired) electrons. The minimum atomic E-state index is -2.64. The van der Waals surface area contributed by atoms with Crippen LogP contribution in [0.1, 0.15) is 33.6 Å². The number of hydrogen-bond acceptors (Lipinski definition) is 2. The van der Waals surface area contributed by atoms with Crippen molar-refractivity contribution in [3.8, 4) is 0 Å². The molecular weight excluding hydrogens is 256 g/mol. The van der Waals surface area contributed by atoms with Crippen LogP contribution >= 0.6 is 15.9 Å². The number of nitrogens with zero attached hydrogens (tertiary/aromatic N) is 1. The zero-order chi connectivity index (χ0) is 10.7. The van der Waals surface area contributed by atoms with Crippen molar-refractivity contribution in [2.45, 2.75) is 18.7 Å². The molecule has 0 saturated carbocycles. The fourth-order valence-corrected chi connectivity index (χ4v) is 1.77. The zero-order valence-corrected chi connectivity index (χ0v) is 9.01. The minimum Gasteiger partial charge on any atom is -0.298 e. The second-order valence-corrected chi connectivity index (χ2v) is 3.31. The molecule has 0 aliphatic heterocycles. The minimum absolute atomic E-state index is 0.0396. The molecule has 2 nitrogen and oxygen atoms in total. The molecular formula is C9H8BrF2NO. The van der Waals surface area contributed by atoms with Crippen molar-refractivity contribution >= 4 is 22.2 Å². The van der Waals surface area contributed by atoms with Gasteiger partial charge >= 0.3 is 0 Å². The molecule has 0 N–H and O–H groups in total. The summed E-state index contributed by atoms with van der Waals surface area (Å²) >= 11 is 3.14. The molecule has 0 saturated heterocycles. The van der Waals surface area contributed by atoms with Gasteiger partial charge in [0.25, 0.3) is 6.43 Å². The Balaban J connectivity index is 3.38. The lowest BCUT2D eigenvalue weighted by atomic mass is 10.0. The van der Waals surface area contributed by atoms with Gasteiger partial charge in [-0.3, -0.25) is 9.78 Å². The average Bonchev–Trinajstić information content (AvgIpc) is 2.16. The normalized spacial score (nSPS) is 10.6. The van der Waals surface area contributed by atoms with Crippen molar-refractivity contribution in [3.63, 3.8) is 0 Å². The van der Waals surface area contributed by atoms with Crippen molar-refractivity contribution in [1.82, 2.24) is 4.98 Å². The van der Waals surface area contributed by atoms with Crippen LogP contribution < -0.4 is 0 Å². The fourth-order valence-electron chi connectivity index (χ4n) is 1.20. The standard InChI is InChI=1S/C9H8BrF2NO/c1-5-7(2-10)13-3-6(4-14)8(5)9(11)12/h3-4,9H,2H2,1H3. The highest BCUT2D eigenvalue weighted by molar-refractivity contribution is 9.08. The van der Waals surface area contributed by atoms with Crippen molar-refractivity contribution in [2.75, 3.05) is 0 Å². The van der Waals surface area contributed by atoms with Crippen LogP contribution in [0.15, 0.2) is 6.20 Å². The third-order valence-electron chi connectivity index (χ3n) is 1.98. The number of alkyl halides is 3. The Morgan fingerprint density at radius 3 is 2.71 bits per heavy atom. The topological polar surface area (TPSA) is 30.0 Å². The molecule has 0 atom stereocenters. The van der Waals surface area contributed by atoms with Gasteiger partial charge in [-0.2, -0.15) is 0 Å². The molecule has 0 aromatic carbocycles. The average molecular weight is 264 g/mol. The Morgan fingerprint density at radius 2 is 2.29 bits per heavy atom. The Hall–Kier alpha value is -0.840. The molecule has 0 aliphatic carbocycles. The molecule has 76 valence electrons. The number of aldehydes is 1. The number of carbonyl (C=O) groups excluding carboxylic acids is 1. The predicted molar refractivity (Wildman–Crippen MR) is 51.9 cm³/mol. The zero-order valence-electron chi connectivity index (χ0n) is 7.43. The van der Waals surface area contributed by atoms with Crippen molar-refractivity contribution < 1.29 is 13.6 Å². The molecule has 0 unspecified atom stereocenters. The summed E-state index contributed by atoms with van der Waals surface area (Å²) in [5.74, 6) is 0. The maximum atomic E-state index is 12.6. The lowest BCUT2D eigenvalue weighted by molar-refractivity contribution is 0.110. The maximum Gasteiger partial charge on any atom is 0.264 e. The van der Waals surface area contributed by atoms with E-state index in [1.54, 1.807) is 0 Å². The van der Waals surface area contributed by atoms with Gasteiger partial charge in [0.15, 0.2) is 6.29 Å². The Bertz CT molecular complexity index is 355. The Labute approximate surface area is 88.5 Å². The van der Waals surface area contributed by atoms with Gasteiger partial charge in [-0.15, -0.1) is 0 Å². The van der Waals surface area contributed by atoms with E-state index in [1.807, 2.05) is 0 Å². The van der Waals surface area contributed by atoms with Gasteiger partial charge in [-0.05, 0) is 12.5 Å². The second kappa shape index (κ2) is 4.59. The Morgan fingerprint density at radius 1 is 1.64 bits per heavy atom. The molecule has 0 aliphatic rings. The third-order valence-corrected chi connectivity index (χ3v) is 2.51. The molecule has 0 spiro atoms. The van der Waals surface area contributed by atoms with Crippen LogP contribution in [0.2, 0.25) is 0 Å². The number of halogens is 3. The van der Waals surface area contributed by atoms with E-state index in [4.69, 9.17) is 0 Å². The number of pyridine rings is 1. The number of hydrogen-bond donors (Lipinski definition) is 0. The smallest absolute Gasteiger partial charge is 0.264 e. The first-order valence-corrected chi connectivity index (χ1v) is 5.01. The summed E-state index contributed by atoms with van der Waals surface area (Å²) in [6, 6.07) is 0. The van der Waals surface area contributed by atoms with Gasteiger partial charge in [0, 0.05) is 22.7 Å². The lowest BCUT2D eigenvalue weighted by Gasteiger charge is -2.10. The highest BCUT2D eigenvalue weighted by Gasteiger charge is 2.18. The molecule has 0 amide bonds. The molecule has 1 aromatic heterocycles. The molecule has 14 heavy (non-hydrogen) atoms. The van der Waals surface area contributed by atoms with Crippen LogP contribution in [0.25, 0.3) is 0 Å². The van der Waals surface area contributed by atoms with Crippen LogP contribution in [0, 0.1) is 6.92 Å². The van der Waals surface area contributed by atoms with E-state index in [1.165, 1.54) is 13.1 Å². The molecule has 1 aromatic rings. The van der Waals surface area contributed by atoms with Crippen LogP contribution in [0.3, 0.4) is 0 Å². The predicted octanol–water partition coefficient (Wildman–Crippen LogP) is 3.04. The number of rotatable bonds is 3. The van der Waals surface area contributed by atoms with Crippen LogP contribution in [-0.4, -0.2) is 11.3 Å². The summed E-state index contributed by atoms with van der Waals surface area (Å²) < 4.78 is 25.2. The lowest BCUT2D eigenvalue weighted by Crippen LogP contribution is -2.02. The first kappa shape index (κ1) is 11.2. The number of carbonyl (C=O) groups is 1. The van der Waals surface area contributed by atoms with Crippen molar-refractivity contribution in [2.24, 2.45) is 0 Å². The second-order valence-electron chi connectivity index (χ2n) is 2.75. The van der Waals surface area contributed by atoms with Crippen LogP contribution in [0.4, 0.5) is 8.78 Å². The molecule has 0 bridgehead atoms. The largest absolute Gasteiger partial charge is 0.298 e. The molecule has 0 fully saturated rings.